The molecule has 150 valence electrons. The molecule has 0 aliphatic heterocycles. The topological polar surface area (TPSA) is 104 Å². The Kier molecular flexibility index (Phi) is 6.36. The molecule has 0 aliphatic rings. The number of hydrogen-bond donors (Lipinski definition) is 2. The van der Waals surface area contributed by atoms with E-state index in [0.29, 0.717) is 5.13 Å². The van der Waals surface area contributed by atoms with E-state index in [2.05, 4.69) is 10.3 Å². The predicted molar refractivity (Wildman–Crippen MR) is 114 cm³/mol. The number of nitrogens with zero attached hydrogens (tertiary/aromatic N) is 1. The highest BCUT2D eigenvalue weighted by molar-refractivity contribution is 7.14. The third-order valence-electron chi connectivity index (χ3n) is 3.97. The van der Waals surface area contributed by atoms with Crippen LogP contribution in [0.25, 0.3) is 11.3 Å². The molecule has 0 saturated carbocycles. The summed E-state index contributed by atoms with van der Waals surface area (Å²) in [6.07, 6.45) is 0. The summed E-state index contributed by atoms with van der Waals surface area (Å²) in [5.41, 5.74) is 8.89. The molecule has 1 heterocycles. The van der Waals surface area contributed by atoms with Crippen molar-refractivity contribution >= 4 is 45.6 Å². The Balaban J connectivity index is 1.60. The van der Waals surface area contributed by atoms with Crippen molar-refractivity contribution in [1.82, 2.24) is 4.98 Å². The first-order chi connectivity index (χ1) is 13.9. The molecule has 1 aromatic heterocycles. The average Bonchev–Trinajstić information content (AvgIpc) is 3.16. The number of rotatable bonds is 6. The molecule has 9 heteroatoms. The number of nitrogen functional groups attached to an aromatic ring is 1. The highest BCUT2D eigenvalue weighted by atomic mass is 35.5. The van der Waals surface area contributed by atoms with Crippen LogP contribution >= 0.6 is 22.9 Å². The molecular weight excluding hydrogens is 414 g/mol. The zero-order valence-corrected chi connectivity index (χ0v) is 17.3. The maximum absolute atomic E-state index is 12.3. The Morgan fingerprint density at radius 1 is 1.24 bits per heavy atom. The van der Waals surface area contributed by atoms with Gasteiger partial charge < -0.3 is 15.2 Å². The molecule has 0 radical (unpaired) electrons. The van der Waals surface area contributed by atoms with E-state index in [1.807, 2.05) is 36.6 Å². The second-order valence-corrected chi connectivity index (χ2v) is 7.37. The van der Waals surface area contributed by atoms with E-state index in [-0.39, 0.29) is 22.0 Å². The van der Waals surface area contributed by atoms with Crippen LogP contribution in [0, 0.1) is 6.92 Å². The normalized spacial score (nSPS) is 10.4. The van der Waals surface area contributed by atoms with Crippen LogP contribution in [-0.4, -0.2) is 30.6 Å². The molecule has 3 rings (SSSR count). The van der Waals surface area contributed by atoms with E-state index in [1.54, 1.807) is 0 Å². The summed E-state index contributed by atoms with van der Waals surface area (Å²) in [4.78, 5) is 28.8. The summed E-state index contributed by atoms with van der Waals surface area (Å²) < 4.78 is 10.2. The second-order valence-electron chi connectivity index (χ2n) is 6.10. The Bertz CT molecular complexity index is 1050. The fourth-order valence-electron chi connectivity index (χ4n) is 2.45. The van der Waals surface area contributed by atoms with Crippen LogP contribution in [-0.2, 0) is 9.53 Å². The predicted octanol–water partition coefficient (Wildman–Crippen LogP) is 4.16. The first-order valence-electron chi connectivity index (χ1n) is 8.50. The number of aromatic nitrogens is 1. The molecule has 0 bridgehead atoms. The number of nitrogens with two attached hydrogens (primary N) is 1. The molecule has 3 aromatic rings. The fraction of sp³-hybridized carbons (Fsp3) is 0.150. The van der Waals surface area contributed by atoms with Gasteiger partial charge in [-0.2, -0.15) is 0 Å². The van der Waals surface area contributed by atoms with E-state index in [4.69, 9.17) is 26.8 Å². The van der Waals surface area contributed by atoms with Gasteiger partial charge in [0.2, 0.25) is 0 Å². The molecule has 0 spiro atoms. The number of anilines is 2. The standard InChI is InChI=1S/C20H18ClN3O4S/c1-11-3-5-12(6-4-11)16-10-29-20(23-16)24-18(25)9-28-19(26)13-7-14(21)15(22)8-17(13)27-2/h3-8,10H,9,22H2,1-2H3,(H,23,24,25). The van der Waals surface area contributed by atoms with Crippen LogP contribution < -0.4 is 15.8 Å². The highest BCUT2D eigenvalue weighted by Gasteiger charge is 2.18. The maximum Gasteiger partial charge on any atom is 0.342 e. The van der Waals surface area contributed by atoms with Gasteiger partial charge in [-0.05, 0) is 13.0 Å². The Labute approximate surface area is 176 Å². The van der Waals surface area contributed by atoms with E-state index < -0.39 is 18.5 Å². The number of thiazole rings is 1. The molecular formula is C20H18ClN3O4S. The van der Waals surface area contributed by atoms with Crippen LogP contribution in [0.15, 0.2) is 41.8 Å². The Hall–Kier alpha value is -3.10. The summed E-state index contributed by atoms with van der Waals surface area (Å²) in [6, 6.07) is 10.7. The van der Waals surface area contributed by atoms with Crippen molar-refractivity contribution in [3.05, 3.63) is 57.9 Å². The zero-order chi connectivity index (χ0) is 21.0. The number of amides is 1. The lowest BCUT2D eigenvalue weighted by Crippen LogP contribution is -2.21. The lowest BCUT2D eigenvalue weighted by atomic mass is 10.1. The van der Waals surface area contributed by atoms with Crippen LogP contribution in [0.5, 0.6) is 5.75 Å². The lowest BCUT2D eigenvalue weighted by Gasteiger charge is -2.10. The highest BCUT2D eigenvalue weighted by Crippen LogP contribution is 2.29. The molecule has 0 unspecified atom stereocenters. The minimum Gasteiger partial charge on any atom is -0.496 e. The number of halogens is 1. The van der Waals surface area contributed by atoms with Gasteiger partial charge in [0.1, 0.15) is 11.3 Å². The number of esters is 1. The first kappa shape index (κ1) is 20.6. The molecule has 0 saturated heterocycles. The number of carbonyl (C=O) groups excluding carboxylic acids is 2. The molecule has 0 aliphatic carbocycles. The van der Waals surface area contributed by atoms with Gasteiger partial charge in [0.15, 0.2) is 11.7 Å². The smallest absolute Gasteiger partial charge is 0.342 e. The van der Waals surface area contributed by atoms with Gasteiger partial charge in [-0.25, -0.2) is 9.78 Å². The van der Waals surface area contributed by atoms with E-state index in [9.17, 15) is 9.59 Å². The van der Waals surface area contributed by atoms with Gasteiger partial charge in [0.05, 0.1) is 23.5 Å². The summed E-state index contributed by atoms with van der Waals surface area (Å²) >= 11 is 7.23. The molecule has 0 atom stereocenters. The molecule has 7 nitrogen and oxygen atoms in total. The van der Waals surface area contributed by atoms with Crippen LogP contribution in [0.4, 0.5) is 10.8 Å². The van der Waals surface area contributed by atoms with Gasteiger partial charge in [0, 0.05) is 17.0 Å². The van der Waals surface area contributed by atoms with Gasteiger partial charge in [0.25, 0.3) is 5.91 Å². The van der Waals surface area contributed by atoms with Crippen LogP contribution in [0.1, 0.15) is 15.9 Å². The molecule has 1 amide bonds. The number of benzene rings is 2. The molecule has 3 N–H and O–H groups in total. The Morgan fingerprint density at radius 2 is 1.97 bits per heavy atom. The van der Waals surface area contributed by atoms with Gasteiger partial charge in [-0.1, -0.05) is 41.4 Å². The van der Waals surface area contributed by atoms with Crippen molar-refractivity contribution in [2.24, 2.45) is 0 Å². The number of methoxy groups -OCH3 is 1. The quantitative estimate of drug-likeness (QED) is 0.448. The molecule has 0 fully saturated rings. The number of hydrogen-bond acceptors (Lipinski definition) is 7. The van der Waals surface area contributed by atoms with Crippen molar-refractivity contribution in [3.63, 3.8) is 0 Å². The zero-order valence-electron chi connectivity index (χ0n) is 15.7. The minimum absolute atomic E-state index is 0.0791. The van der Waals surface area contributed by atoms with Crippen LogP contribution in [0.2, 0.25) is 5.02 Å². The van der Waals surface area contributed by atoms with Crippen molar-refractivity contribution in [3.8, 4) is 17.0 Å². The van der Waals surface area contributed by atoms with Crippen LogP contribution in [0.3, 0.4) is 0 Å². The fourth-order valence-corrected chi connectivity index (χ4v) is 3.35. The van der Waals surface area contributed by atoms with Crippen molar-refractivity contribution in [1.29, 1.82) is 0 Å². The van der Waals surface area contributed by atoms with Gasteiger partial charge in [-0.15, -0.1) is 11.3 Å². The largest absolute Gasteiger partial charge is 0.496 e. The number of carbonyl (C=O) groups is 2. The number of nitrogens with one attached hydrogen (secondary N) is 1. The van der Waals surface area contributed by atoms with Crippen molar-refractivity contribution < 1.29 is 19.1 Å². The maximum atomic E-state index is 12.3. The minimum atomic E-state index is -0.751. The van der Waals surface area contributed by atoms with E-state index >= 15 is 0 Å². The molecule has 2 aromatic carbocycles. The first-order valence-corrected chi connectivity index (χ1v) is 9.75. The van der Waals surface area contributed by atoms with Gasteiger partial charge in [-0.3, -0.25) is 10.1 Å². The van der Waals surface area contributed by atoms with E-state index in [1.165, 1.54) is 30.6 Å². The summed E-state index contributed by atoms with van der Waals surface area (Å²) in [6.45, 7) is 1.52. The van der Waals surface area contributed by atoms with Crippen molar-refractivity contribution in [2.75, 3.05) is 24.8 Å². The third-order valence-corrected chi connectivity index (χ3v) is 5.06. The number of aryl methyl sites for hydroxylation is 1. The van der Waals surface area contributed by atoms with Crippen molar-refractivity contribution in [2.45, 2.75) is 6.92 Å². The SMILES string of the molecule is COc1cc(N)c(Cl)cc1C(=O)OCC(=O)Nc1nc(-c2ccc(C)cc2)cs1. The summed E-state index contributed by atoms with van der Waals surface area (Å²) in [5, 5.41) is 5.05. The van der Waals surface area contributed by atoms with Gasteiger partial charge >= 0.3 is 5.97 Å². The van der Waals surface area contributed by atoms with E-state index in [0.717, 1.165) is 16.8 Å². The average molecular weight is 432 g/mol. The second kappa shape index (κ2) is 8.93. The summed E-state index contributed by atoms with van der Waals surface area (Å²) in [5.74, 6) is -1.05. The third kappa shape index (κ3) is 5.04. The Morgan fingerprint density at radius 3 is 2.66 bits per heavy atom. The monoisotopic (exact) mass is 431 g/mol. The molecule has 29 heavy (non-hydrogen) atoms. The summed E-state index contributed by atoms with van der Waals surface area (Å²) in [7, 11) is 1.39. The number of ether oxygens (including phenoxy) is 2. The lowest BCUT2D eigenvalue weighted by molar-refractivity contribution is -0.119.